The third kappa shape index (κ3) is 2.75. The molecule has 1 aromatic heterocycles. The number of benzene rings is 3. The number of hydrogen-bond acceptors (Lipinski definition) is 1. The SMILES string of the molecule is C[Si](c1ccccc1)(c1ccccc1)c1occc1-c1ccccc1. The first-order chi connectivity index (χ1) is 12.3. The lowest BCUT2D eigenvalue weighted by Gasteiger charge is -2.27. The van der Waals surface area contributed by atoms with Crippen LogP contribution in [0.1, 0.15) is 0 Å². The van der Waals surface area contributed by atoms with E-state index in [1.54, 1.807) is 0 Å². The fraction of sp³-hybridized carbons (Fsp3) is 0.0435. The van der Waals surface area contributed by atoms with Gasteiger partial charge in [-0.15, -0.1) is 0 Å². The van der Waals surface area contributed by atoms with Crippen LogP contribution in [0.4, 0.5) is 0 Å². The maximum absolute atomic E-state index is 6.15. The van der Waals surface area contributed by atoms with E-state index in [9.17, 15) is 0 Å². The first-order valence-corrected chi connectivity index (χ1v) is 11.0. The third-order valence-corrected chi connectivity index (χ3v) is 9.18. The summed E-state index contributed by atoms with van der Waals surface area (Å²) in [7, 11) is -2.22. The van der Waals surface area contributed by atoms with Crippen LogP contribution in [-0.2, 0) is 0 Å². The van der Waals surface area contributed by atoms with Crippen LogP contribution in [0.15, 0.2) is 108 Å². The zero-order valence-corrected chi connectivity index (χ0v) is 15.2. The molecule has 25 heavy (non-hydrogen) atoms. The number of furan rings is 1. The predicted octanol–water partition coefficient (Wildman–Crippen LogP) is 4.05. The van der Waals surface area contributed by atoms with E-state index >= 15 is 0 Å². The summed E-state index contributed by atoms with van der Waals surface area (Å²) in [5, 5.41) is 3.82. The molecule has 0 aliphatic rings. The minimum absolute atomic E-state index is 1.11. The van der Waals surface area contributed by atoms with Crippen LogP contribution in [0.3, 0.4) is 0 Å². The van der Waals surface area contributed by atoms with Crippen LogP contribution < -0.4 is 15.8 Å². The van der Waals surface area contributed by atoms with Crippen molar-refractivity contribution in [1.82, 2.24) is 0 Å². The Morgan fingerprint density at radius 3 is 1.60 bits per heavy atom. The maximum Gasteiger partial charge on any atom is 0.190 e. The second kappa shape index (κ2) is 6.58. The van der Waals surface area contributed by atoms with Crippen molar-refractivity contribution in [2.24, 2.45) is 0 Å². The second-order valence-corrected chi connectivity index (χ2v) is 10.2. The molecule has 0 aliphatic carbocycles. The van der Waals surface area contributed by atoms with E-state index in [0.717, 1.165) is 5.38 Å². The molecule has 0 fully saturated rings. The Balaban J connectivity index is 1.97. The Bertz CT molecular complexity index is 904. The molecular weight excluding hydrogens is 320 g/mol. The summed E-state index contributed by atoms with van der Waals surface area (Å²) in [6.45, 7) is 2.38. The molecule has 0 radical (unpaired) electrons. The van der Waals surface area contributed by atoms with E-state index in [-0.39, 0.29) is 0 Å². The molecule has 4 rings (SSSR count). The van der Waals surface area contributed by atoms with Gasteiger partial charge in [0.05, 0.1) is 6.26 Å². The van der Waals surface area contributed by atoms with E-state index in [1.165, 1.54) is 21.5 Å². The van der Waals surface area contributed by atoms with E-state index < -0.39 is 8.07 Å². The van der Waals surface area contributed by atoms with Gasteiger partial charge >= 0.3 is 0 Å². The zero-order chi connectivity index (χ0) is 17.1. The monoisotopic (exact) mass is 340 g/mol. The Morgan fingerprint density at radius 1 is 0.600 bits per heavy atom. The van der Waals surface area contributed by atoms with Gasteiger partial charge in [0.2, 0.25) is 0 Å². The summed E-state index contributed by atoms with van der Waals surface area (Å²) in [5.74, 6) is 0. The van der Waals surface area contributed by atoms with Gasteiger partial charge in [-0.1, -0.05) is 97.5 Å². The Hall–Kier alpha value is -2.84. The molecule has 0 saturated carbocycles. The van der Waals surface area contributed by atoms with Crippen LogP contribution in [0.25, 0.3) is 11.1 Å². The third-order valence-electron chi connectivity index (χ3n) is 4.91. The highest BCUT2D eigenvalue weighted by atomic mass is 28.3. The van der Waals surface area contributed by atoms with Crippen molar-refractivity contribution in [3.8, 4) is 11.1 Å². The molecule has 1 heterocycles. The average molecular weight is 340 g/mol. The lowest BCUT2D eigenvalue weighted by atomic mass is 10.1. The van der Waals surface area contributed by atoms with Gasteiger partial charge in [-0.05, 0) is 22.0 Å². The zero-order valence-electron chi connectivity index (χ0n) is 14.2. The van der Waals surface area contributed by atoms with E-state index in [1.807, 2.05) is 12.3 Å². The van der Waals surface area contributed by atoms with Crippen molar-refractivity contribution in [3.05, 3.63) is 103 Å². The van der Waals surface area contributed by atoms with Crippen molar-refractivity contribution in [2.75, 3.05) is 0 Å². The maximum atomic E-state index is 6.15. The second-order valence-electron chi connectivity index (χ2n) is 6.39. The highest BCUT2D eigenvalue weighted by Gasteiger charge is 2.39. The van der Waals surface area contributed by atoms with Crippen molar-refractivity contribution < 1.29 is 4.42 Å². The summed E-state index contributed by atoms with van der Waals surface area (Å²) in [6.07, 6.45) is 1.83. The Morgan fingerprint density at radius 2 is 1.08 bits per heavy atom. The normalized spacial score (nSPS) is 11.4. The van der Waals surface area contributed by atoms with Crippen molar-refractivity contribution in [3.63, 3.8) is 0 Å². The fourth-order valence-corrected chi connectivity index (χ4v) is 7.16. The molecule has 0 saturated heterocycles. The lowest BCUT2D eigenvalue weighted by Crippen LogP contribution is -2.64. The van der Waals surface area contributed by atoms with Crippen LogP contribution in [-0.4, -0.2) is 8.07 Å². The van der Waals surface area contributed by atoms with Crippen LogP contribution in [0.2, 0.25) is 6.55 Å². The smallest absolute Gasteiger partial charge is 0.190 e. The molecular formula is C23H20OSi. The Kier molecular flexibility index (Phi) is 4.12. The molecule has 0 N–H and O–H groups in total. The van der Waals surface area contributed by atoms with Gasteiger partial charge in [0.25, 0.3) is 0 Å². The average Bonchev–Trinajstić information content (AvgIpc) is 3.20. The molecule has 122 valence electrons. The van der Waals surface area contributed by atoms with Gasteiger partial charge in [0.15, 0.2) is 8.07 Å². The molecule has 3 aromatic carbocycles. The highest BCUT2D eigenvalue weighted by molar-refractivity contribution is 7.10. The molecule has 1 nitrogen and oxygen atoms in total. The standard InChI is InChI=1S/C23H20OSi/c1-25(20-13-7-3-8-14-20,21-15-9-4-10-16-21)23-22(17-18-24-23)19-11-5-2-6-12-19/h2-18H,1H3. The van der Waals surface area contributed by atoms with Gasteiger partial charge in [0, 0.05) is 5.56 Å². The van der Waals surface area contributed by atoms with E-state index in [2.05, 4.69) is 97.5 Å². The van der Waals surface area contributed by atoms with Crippen molar-refractivity contribution in [1.29, 1.82) is 0 Å². The van der Waals surface area contributed by atoms with E-state index in [0.29, 0.717) is 0 Å². The molecule has 0 amide bonds. The van der Waals surface area contributed by atoms with Crippen molar-refractivity contribution in [2.45, 2.75) is 6.55 Å². The molecule has 4 aromatic rings. The van der Waals surface area contributed by atoms with Crippen molar-refractivity contribution >= 4 is 23.8 Å². The summed E-state index contributed by atoms with van der Waals surface area (Å²) >= 11 is 0. The number of hydrogen-bond donors (Lipinski definition) is 0. The van der Waals surface area contributed by atoms with Gasteiger partial charge in [-0.25, -0.2) is 0 Å². The van der Waals surface area contributed by atoms with Gasteiger partial charge in [-0.2, -0.15) is 0 Å². The lowest BCUT2D eigenvalue weighted by molar-refractivity contribution is 0.599. The summed E-state index contributed by atoms with van der Waals surface area (Å²) < 4.78 is 6.15. The minimum atomic E-state index is -2.22. The minimum Gasteiger partial charge on any atom is -0.473 e. The van der Waals surface area contributed by atoms with E-state index in [4.69, 9.17) is 4.42 Å². The van der Waals surface area contributed by atoms with Crippen LogP contribution in [0.5, 0.6) is 0 Å². The first-order valence-electron chi connectivity index (χ1n) is 8.54. The summed E-state index contributed by atoms with van der Waals surface area (Å²) in [5.41, 5.74) is 2.40. The predicted molar refractivity (Wildman–Crippen MR) is 108 cm³/mol. The highest BCUT2D eigenvalue weighted by Crippen LogP contribution is 2.21. The molecule has 0 unspecified atom stereocenters. The number of rotatable bonds is 4. The fourth-order valence-electron chi connectivity index (χ4n) is 3.51. The molecule has 0 aliphatic heterocycles. The molecule has 0 atom stereocenters. The molecule has 0 spiro atoms. The summed E-state index contributed by atoms with van der Waals surface area (Å²) in [6, 6.07) is 34.2. The van der Waals surface area contributed by atoms with Gasteiger partial charge < -0.3 is 4.42 Å². The summed E-state index contributed by atoms with van der Waals surface area (Å²) in [4.78, 5) is 0. The van der Waals surface area contributed by atoms with Crippen LogP contribution in [0, 0.1) is 0 Å². The van der Waals surface area contributed by atoms with Gasteiger partial charge in [-0.3, -0.25) is 0 Å². The van der Waals surface area contributed by atoms with Gasteiger partial charge in [0.1, 0.15) is 5.38 Å². The Labute approximate surface area is 149 Å². The topological polar surface area (TPSA) is 13.1 Å². The molecule has 0 bridgehead atoms. The largest absolute Gasteiger partial charge is 0.473 e. The molecule has 2 heteroatoms. The first kappa shape index (κ1) is 15.7. The van der Waals surface area contributed by atoms with Crippen LogP contribution >= 0.6 is 0 Å². The quantitative estimate of drug-likeness (QED) is 0.511.